The summed E-state index contributed by atoms with van der Waals surface area (Å²) in [5.74, 6) is -0.316. The first-order valence-corrected chi connectivity index (χ1v) is 9.49. The highest BCUT2D eigenvalue weighted by molar-refractivity contribution is 5.80. The van der Waals surface area contributed by atoms with Crippen molar-refractivity contribution in [2.24, 2.45) is 11.8 Å². The monoisotopic (exact) mass is 374 g/mol. The van der Waals surface area contributed by atoms with Crippen LogP contribution in [0.25, 0.3) is 11.1 Å². The molecule has 3 rings (SSSR count). The van der Waals surface area contributed by atoms with Crippen molar-refractivity contribution in [3.05, 3.63) is 34.8 Å². The fourth-order valence-corrected chi connectivity index (χ4v) is 3.68. The van der Waals surface area contributed by atoms with Gasteiger partial charge >= 0.3 is 11.7 Å². The Balaban J connectivity index is 1.46. The topological polar surface area (TPSA) is 90.5 Å². The van der Waals surface area contributed by atoms with Crippen LogP contribution >= 0.6 is 0 Å². The lowest BCUT2D eigenvalue weighted by molar-refractivity contribution is -0.149. The van der Waals surface area contributed by atoms with E-state index in [9.17, 15) is 14.4 Å². The van der Waals surface area contributed by atoms with E-state index >= 15 is 0 Å². The number of aromatic nitrogens is 1. The van der Waals surface area contributed by atoms with Crippen molar-refractivity contribution >= 4 is 23.0 Å². The number of hydrogen-bond donors (Lipinski definition) is 1. The van der Waals surface area contributed by atoms with Crippen LogP contribution in [-0.2, 0) is 20.9 Å². The number of aryl methyl sites for hydroxylation is 1. The standard InChI is InChI=1S/C20H26N2O5/c1-13-6-5-7-15(14(13)2)21-18(23)12-26-19(24)10-11-22-16-8-3-4-9-17(16)27-20(22)25/h3-4,8-9,13-15H,5-7,10-12H2,1-2H3,(H,21,23)/t13-,14+,15+/m0/s1. The number of fused-ring (bicyclic) bond motifs is 1. The van der Waals surface area contributed by atoms with Crippen LogP contribution in [0.2, 0.25) is 0 Å². The minimum absolute atomic E-state index is 0.00637. The highest BCUT2D eigenvalue weighted by atomic mass is 16.5. The number of rotatable bonds is 6. The molecule has 1 aliphatic rings. The maximum absolute atomic E-state index is 12.1. The molecule has 1 aliphatic carbocycles. The summed E-state index contributed by atoms with van der Waals surface area (Å²) in [6.45, 7) is 4.20. The molecule has 7 heteroatoms. The lowest BCUT2D eigenvalue weighted by Crippen LogP contribution is -2.45. The Hall–Kier alpha value is -2.57. The molecule has 1 aromatic carbocycles. The maximum Gasteiger partial charge on any atom is 0.419 e. The van der Waals surface area contributed by atoms with Gasteiger partial charge in [0.1, 0.15) is 0 Å². The Morgan fingerprint density at radius 2 is 2.04 bits per heavy atom. The molecular formula is C20H26N2O5. The predicted molar refractivity (Wildman–Crippen MR) is 100 cm³/mol. The number of hydrogen-bond acceptors (Lipinski definition) is 5. The van der Waals surface area contributed by atoms with Crippen LogP contribution in [0.5, 0.6) is 0 Å². The molecule has 27 heavy (non-hydrogen) atoms. The SMILES string of the molecule is C[C@@H]1[C@@H](C)CCC[C@H]1NC(=O)COC(=O)CCn1c(=O)oc2ccccc21. The second kappa shape index (κ2) is 8.41. The first kappa shape index (κ1) is 19.2. The lowest BCUT2D eigenvalue weighted by Gasteiger charge is -2.34. The molecule has 1 amide bonds. The quantitative estimate of drug-likeness (QED) is 0.785. The van der Waals surface area contributed by atoms with Gasteiger partial charge in [0.15, 0.2) is 12.2 Å². The van der Waals surface area contributed by atoms with Crippen molar-refractivity contribution in [2.45, 2.75) is 52.1 Å². The van der Waals surface area contributed by atoms with Crippen LogP contribution < -0.4 is 11.1 Å². The summed E-state index contributed by atoms with van der Waals surface area (Å²) < 4.78 is 11.6. The minimum atomic E-state index is -0.521. The van der Waals surface area contributed by atoms with E-state index in [4.69, 9.17) is 9.15 Å². The zero-order valence-corrected chi connectivity index (χ0v) is 15.8. The third-order valence-corrected chi connectivity index (χ3v) is 5.53. The number of para-hydroxylation sites is 2. The summed E-state index contributed by atoms with van der Waals surface area (Å²) in [5.41, 5.74) is 1.11. The number of carbonyl (C=O) groups is 2. The summed E-state index contributed by atoms with van der Waals surface area (Å²) in [5, 5.41) is 2.97. The molecule has 0 aliphatic heterocycles. The van der Waals surface area contributed by atoms with Crippen LogP contribution in [0.15, 0.2) is 33.5 Å². The first-order valence-electron chi connectivity index (χ1n) is 9.49. The number of nitrogens with one attached hydrogen (secondary N) is 1. The summed E-state index contributed by atoms with van der Waals surface area (Å²) in [4.78, 5) is 35.9. The average molecular weight is 374 g/mol. The summed E-state index contributed by atoms with van der Waals surface area (Å²) in [7, 11) is 0. The van der Waals surface area contributed by atoms with Crippen molar-refractivity contribution in [1.29, 1.82) is 0 Å². The summed E-state index contributed by atoms with van der Waals surface area (Å²) >= 11 is 0. The van der Waals surface area contributed by atoms with Gasteiger partial charge in [-0.25, -0.2) is 4.79 Å². The number of ether oxygens (including phenoxy) is 1. The van der Waals surface area contributed by atoms with Crippen LogP contribution in [0.4, 0.5) is 0 Å². The molecular weight excluding hydrogens is 348 g/mol. The van der Waals surface area contributed by atoms with Gasteiger partial charge in [0.2, 0.25) is 0 Å². The van der Waals surface area contributed by atoms with E-state index < -0.39 is 11.7 Å². The van der Waals surface area contributed by atoms with Gasteiger partial charge in [-0.15, -0.1) is 0 Å². The first-order chi connectivity index (χ1) is 13.0. The fraction of sp³-hybridized carbons (Fsp3) is 0.550. The normalized spacial score (nSPS) is 22.5. The predicted octanol–water partition coefficient (Wildman–Crippen LogP) is 2.47. The van der Waals surface area contributed by atoms with Gasteiger partial charge in [-0.05, 0) is 30.4 Å². The van der Waals surface area contributed by atoms with Gasteiger partial charge in [0.05, 0.1) is 11.9 Å². The largest absolute Gasteiger partial charge is 0.456 e. The Bertz CT molecular complexity index is 869. The van der Waals surface area contributed by atoms with E-state index in [1.165, 1.54) is 11.0 Å². The Morgan fingerprint density at radius 3 is 2.85 bits per heavy atom. The molecule has 1 aromatic heterocycles. The molecule has 2 aromatic rings. The third-order valence-electron chi connectivity index (χ3n) is 5.53. The van der Waals surface area contributed by atoms with Crippen molar-refractivity contribution in [3.63, 3.8) is 0 Å². The molecule has 1 N–H and O–H groups in total. The van der Waals surface area contributed by atoms with Crippen LogP contribution in [0.3, 0.4) is 0 Å². The van der Waals surface area contributed by atoms with Gasteiger partial charge in [0, 0.05) is 12.6 Å². The number of benzene rings is 1. The van der Waals surface area contributed by atoms with Crippen LogP contribution in [0, 0.1) is 11.8 Å². The maximum atomic E-state index is 12.1. The van der Waals surface area contributed by atoms with Gasteiger partial charge in [-0.1, -0.05) is 38.8 Å². The molecule has 0 radical (unpaired) electrons. The van der Waals surface area contributed by atoms with Gasteiger partial charge in [0.25, 0.3) is 5.91 Å². The smallest absolute Gasteiger partial charge is 0.419 e. The average Bonchev–Trinajstić information content (AvgIpc) is 2.97. The van der Waals surface area contributed by atoms with E-state index in [2.05, 4.69) is 19.2 Å². The molecule has 0 unspecified atom stereocenters. The van der Waals surface area contributed by atoms with E-state index in [0.29, 0.717) is 22.9 Å². The third kappa shape index (κ3) is 4.59. The van der Waals surface area contributed by atoms with Crippen molar-refractivity contribution in [1.82, 2.24) is 9.88 Å². The lowest BCUT2D eigenvalue weighted by atomic mass is 9.78. The second-order valence-corrected chi connectivity index (χ2v) is 7.34. The Labute approximate surface area is 157 Å². The molecule has 146 valence electrons. The van der Waals surface area contributed by atoms with Crippen LogP contribution in [-0.4, -0.2) is 29.1 Å². The zero-order chi connectivity index (χ0) is 19.4. The number of carbonyl (C=O) groups excluding carboxylic acids is 2. The molecule has 7 nitrogen and oxygen atoms in total. The molecule has 3 atom stereocenters. The number of nitrogens with zero attached hydrogens (tertiary/aromatic N) is 1. The second-order valence-electron chi connectivity index (χ2n) is 7.34. The molecule has 0 saturated heterocycles. The van der Waals surface area contributed by atoms with Crippen LogP contribution in [0.1, 0.15) is 39.5 Å². The minimum Gasteiger partial charge on any atom is -0.456 e. The van der Waals surface area contributed by atoms with Crippen molar-refractivity contribution in [3.8, 4) is 0 Å². The molecule has 1 heterocycles. The molecule has 1 fully saturated rings. The molecule has 0 bridgehead atoms. The number of oxazole rings is 1. The highest BCUT2D eigenvalue weighted by Crippen LogP contribution is 2.29. The Kier molecular flexibility index (Phi) is 5.98. The molecule has 0 spiro atoms. The van der Waals surface area contributed by atoms with Gasteiger partial charge < -0.3 is 14.5 Å². The highest BCUT2D eigenvalue weighted by Gasteiger charge is 2.28. The van der Waals surface area contributed by atoms with E-state index in [0.717, 1.165) is 12.8 Å². The Morgan fingerprint density at radius 1 is 1.26 bits per heavy atom. The number of amides is 1. The van der Waals surface area contributed by atoms with Gasteiger partial charge in [-0.2, -0.15) is 0 Å². The zero-order valence-electron chi connectivity index (χ0n) is 15.8. The number of esters is 1. The van der Waals surface area contributed by atoms with Gasteiger partial charge in [-0.3, -0.25) is 14.2 Å². The summed E-state index contributed by atoms with van der Waals surface area (Å²) in [6, 6.07) is 7.16. The van der Waals surface area contributed by atoms with Crippen molar-refractivity contribution < 1.29 is 18.7 Å². The van der Waals surface area contributed by atoms with Crippen molar-refractivity contribution in [2.75, 3.05) is 6.61 Å². The molecule has 1 saturated carbocycles. The van der Waals surface area contributed by atoms with E-state index in [1.54, 1.807) is 24.3 Å². The van der Waals surface area contributed by atoms with E-state index in [1.807, 2.05) is 0 Å². The fourth-order valence-electron chi connectivity index (χ4n) is 3.68. The van der Waals surface area contributed by atoms with E-state index in [-0.39, 0.29) is 31.5 Å². The summed E-state index contributed by atoms with van der Waals surface area (Å²) in [6.07, 6.45) is 3.24.